The second-order valence-electron chi connectivity index (χ2n) is 6.47. The van der Waals surface area contributed by atoms with Crippen LogP contribution in [0, 0.1) is 11.6 Å². The number of halogens is 3. The van der Waals surface area contributed by atoms with Gasteiger partial charge in [-0.05, 0) is 54.1 Å². The molecule has 0 bridgehead atoms. The Kier molecular flexibility index (Phi) is 6.53. The molecule has 9 heteroatoms. The number of benzene rings is 3. The molecule has 5 nitrogen and oxygen atoms in total. The van der Waals surface area contributed by atoms with Crippen molar-refractivity contribution in [3.05, 3.63) is 99.9 Å². The van der Waals surface area contributed by atoms with Crippen LogP contribution in [0.2, 0.25) is 5.02 Å². The van der Waals surface area contributed by atoms with Crippen LogP contribution in [0.4, 0.5) is 13.9 Å². The van der Waals surface area contributed by atoms with Gasteiger partial charge in [0.15, 0.2) is 0 Å². The molecule has 4 aromatic rings. The summed E-state index contributed by atoms with van der Waals surface area (Å²) in [5.74, 6) is -2.92. The van der Waals surface area contributed by atoms with Crippen LogP contribution in [0.15, 0.2) is 77.2 Å². The van der Waals surface area contributed by atoms with Gasteiger partial charge < -0.3 is 4.74 Å². The highest BCUT2D eigenvalue weighted by atomic mass is 35.5. The lowest BCUT2D eigenvalue weighted by molar-refractivity contribution is 0.0724. The number of aromatic nitrogens is 1. The zero-order valence-electron chi connectivity index (χ0n) is 16.3. The maximum absolute atomic E-state index is 13.7. The molecule has 4 rings (SSSR count). The molecule has 0 atom stereocenters. The van der Waals surface area contributed by atoms with Crippen molar-refractivity contribution >= 4 is 40.3 Å². The van der Waals surface area contributed by atoms with Crippen LogP contribution >= 0.6 is 22.9 Å². The predicted molar refractivity (Wildman–Crippen MR) is 122 cm³/mol. The van der Waals surface area contributed by atoms with Crippen molar-refractivity contribution in [1.82, 2.24) is 4.98 Å². The molecule has 0 amide bonds. The van der Waals surface area contributed by atoms with Crippen LogP contribution in [0.3, 0.4) is 0 Å². The zero-order chi connectivity index (χ0) is 22.5. The second-order valence-corrected chi connectivity index (χ2v) is 7.76. The molecule has 0 spiro atoms. The fraction of sp³-hybridized carbons (Fsp3) is 0. The Morgan fingerprint density at radius 2 is 1.72 bits per heavy atom. The topological polar surface area (TPSA) is 63.6 Å². The van der Waals surface area contributed by atoms with Gasteiger partial charge in [-0.3, -0.25) is 5.43 Å². The summed E-state index contributed by atoms with van der Waals surface area (Å²) in [7, 11) is 0. The number of hydrazone groups is 1. The lowest BCUT2D eigenvalue weighted by Gasteiger charge is -2.06. The van der Waals surface area contributed by atoms with Crippen molar-refractivity contribution in [3.8, 4) is 17.0 Å². The number of nitrogens with zero attached hydrogens (tertiary/aromatic N) is 2. The summed E-state index contributed by atoms with van der Waals surface area (Å²) in [5, 5.41) is 7.32. The monoisotopic (exact) mass is 469 g/mol. The molecule has 0 aliphatic carbocycles. The van der Waals surface area contributed by atoms with E-state index in [-0.39, 0.29) is 5.75 Å². The van der Waals surface area contributed by atoms with Crippen molar-refractivity contribution in [2.75, 3.05) is 5.43 Å². The summed E-state index contributed by atoms with van der Waals surface area (Å²) in [5.41, 5.74) is 4.59. The highest BCUT2D eigenvalue weighted by Gasteiger charge is 2.19. The van der Waals surface area contributed by atoms with Crippen molar-refractivity contribution < 1.29 is 18.3 Å². The molecule has 0 fully saturated rings. The fourth-order valence-electron chi connectivity index (χ4n) is 2.71. The highest BCUT2D eigenvalue weighted by molar-refractivity contribution is 7.14. The number of rotatable bonds is 6. The van der Waals surface area contributed by atoms with Gasteiger partial charge in [-0.1, -0.05) is 29.8 Å². The fourth-order valence-corrected chi connectivity index (χ4v) is 3.51. The number of hydrogen-bond acceptors (Lipinski definition) is 6. The van der Waals surface area contributed by atoms with E-state index < -0.39 is 23.2 Å². The predicted octanol–water partition coefficient (Wildman–Crippen LogP) is 6.41. The standard InChI is InChI=1S/C23H14ClF2N3O2S/c24-16-8-6-15(7-9-16)20-13-32-23(28-20)29-27-12-14-4-10-17(11-5-14)31-22(30)21-18(25)2-1-3-19(21)26/h1-13H,(H,28,29)/b27-12-. The Morgan fingerprint density at radius 3 is 2.41 bits per heavy atom. The van der Waals surface area contributed by atoms with E-state index >= 15 is 0 Å². The third-order valence-electron chi connectivity index (χ3n) is 4.28. The van der Waals surface area contributed by atoms with Gasteiger partial charge in [0.2, 0.25) is 5.13 Å². The van der Waals surface area contributed by atoms with E-state index in [9.17, 15) is 13.6 Å². The van der Waals surface area contributed by atoms with Crippen LogP contribution in [-0.2, 0) is 0 Å². The third kappa shape index (κ3) is 5.16. The first kappa shape index (κ1) is 21.6. The molecule has 0 aliphatic rings. The molecule has 0 saturated carbocycles. The summed E-state index contributed by atoms with van der Waals surface area (Å²) in [4.78, 5) is 16.5. The maximum Gasteiger partial charge on any atom is 0.349 e. The average molecular weight is 470 g/mol. The van der Waals surface area contributed by atoms with E-state index in [1.54, 1.807) is 30.5 Å². The number of thiazole rings is 1. The van der Waals surface area contributed by atoms with E-state index in [2.05, 4.69) is 15.5 Å². The maximum atomic E-state index is 13.7. The largest absolute Gasteiger partial charge is 0.423 e. The summed E-state index contributed by atoms with van der Waals surface area (Å²) in [6.07, 6.45) is 1.56. The SMILES string of the molecule is O=C(Oc1ccc(/C=N\Nc2nc(-c3ccc(Cl)cc3)cs2)cc1)c1c(F)cccc1F. The Balaban J connectivity index is 1.36. The van der Waals surface area contributed by atoms with Gasteiger partial charge in [-0.25, -0.2) is 18.6 Å². The van der Waals surface area contributed by atoms with E-state index in [4.69, 9.17) is 16.3 Å². The second kappa shape index (κ2) is 9.67. The number of hydrogen-bond donors (Lipinski definition) is 1. The lowest BCUT2D eigenvalue weighted by Crippen LogP contribution is -2.13. The molecule has 0 radical (unpaired) electrons. The van der Waals surface area contributed by atoms with Crippen LogP contribution < -0.4 is 10.2 Å². The first-order valence-electron chi connectivity index (χ1n) is 9.26. The molecule has 3 aromatic carbocycles. The number of nitrogens with one attached hydrogen (secondary N) is 1. The van der Waals surface area contributed by atoms with E-state index in [0.717, 1.165) is 23.4 Å². The van der Waals surface area contributed by atoms with Gasteiger partial charge in [0.1, 0.15) is 22.9 Å². The lowest BCUT2D eigenvalue weighted by atomic mass is 10.2. The molecule has 1 N–H and O–H groups in total. The third-order valence-corrected chi connectivity index (χ3v) is 5.27. The minimum absolute atomic E-state index is 0.148. The molecule has 0 saturated heterocycles. The Hall–Kier alpha value is -3.62. The molecular weight excluding hydrogens is 456 g/mol. The van der Waals surface area contributed by atoms with E-state index in [1.807, 2.05) is 17.5 Å². The van der Waals surface area contributed by atoms with Crippen molar-refractivity contribution in [2.24, 2.45) is 5.10 Å². The first-order valence-corrected chi connectivity index (χ1v) is 10.5. The number of carbonyl (C=O) groups excluding carboxylic acids is 1. The first-order chi connectivity index (χ1) is 15.5. The van der Waals surface area contributed by atoms with Crippen LogP contribution in [0.5, 0.6) is 5.75 Å². The average Bonchev–Trinajstić information content (AvgIpc) is 3.24. The zero-order valence-corrected chi connectivity index (χ0v) is 17.8. The number of ether oxygens (including phenoxy) is 1. The molecular formula is C23H14ClF2N3O2S. The van der Waals surface area contributed by atoms with E-state index in [0.29, 0.717) is 15.7 Å². The van der Waals surface area contributed by atoms with Crippen LogP contribution in [0.25, 0.3) is 11.3 Å². The van der Waals surface area contributed by atoms with Crippen molar-refractivity contribution in [2.45, 2.75) is 0 Å². The highest BCUT2D eigenvalue weighted by Crippen LogP contribution is 2.26. The molecule has 32 heavy (non-hydrogen) atoms. The number of anilines is 1. The Labute approximate surface area is 191 Å². The normalized spacial score (nSPS) is 11.0. The van der Waals surface area contributed by atoms with Gasteiger partial charge >= 0.3 is 5.97 Å². The minimum atomic E-state index is -1.11. The summed E-state index contributed by atoms with van der Waals surface area (Å²) in [6, 6.07) is 16.8. The van der Waals surface area contributed by atoms with Gasteiger partial charge in [0.05, 0.1) is 11.9 Å². The summed E-state index contributed by atoms with van der Waals surface area (Å²) in [6.45, 7) is 0. The number of esters is 1. The van der Waals surface area contributed by atoms with E-state index in [1.165, 1.54) is 29.5 Å². The minimum Gasteiger partial charge on any atom is -0.423 e. The molecule has 1 aromatic heterocycles. The molecule has 1 heterocycles. The molecule has 0 unspecified atom stereocenters. The molecule has 0 aliphatic heterocycles. The van der Waals surface area contributed by atoms with Gasteiger partial charge in [-0.2, -0.15) is 5.10 Å². The van der Waals surface area contributed by atoms with Gasteiger partial charge in [0, 0.05) is 16.0 Å². The number of carbonyl (C=O) groups is 1. The van der Waals surface area contributed by atoms with Gasteiger partial charge in [-0.15, -0.1) is 11.3 Å². The molecule has 160 valence electrons. The van der Waals surface area contributed by atoms with Gasteiger partial charge in [0.25, 0.3) is 0 Å². The van der Waals surface area contributed by atoms with Crippen molar-refractivity contribution in [3.63, 3.8) is 0 Å². The Morgan fingerprint density at radius 1 is 1.03 bits per heavy atom. The smallest absolute Gasteiger partial charge is 0.349 e. The summed E-state index contributed by atoms with van der Waals surface area (Å²) < 4.78 is 32.4. The van der Waals surface area contributed by atoms with Crippen LogP contribution in [0.1, 0.15) is 15.9 Å². The summed E-state index contributed by atoms with van der Waals surface area (Å²) >= 11 is 7.31. The van der Waals surface area contributed by atoms with Crippen LogP contribution in [-0.4, -0.2) is 17.2 Å². The Bertz CT molecular complexity index is 1260. The van der Waals surface area contributed by atoms with Crippen molar-refractivity contribution in [1.29, 1.82) is 0 Å². The quantitative estimate of drug-likeness (QED) is 0.153.